The van der Waals surface area contributed by atoms with Crippen LogP contribution in [0, 0.1) is 0 Å². The topological polar surface area (TPSA) is 54.7 Å². The Labute approximate surface area is 125 Å². The number of aromatic nitrogens is 1. The molecule has 2 aliphatic heterocycles. The van der Waals surface area contributed by atoms with Gasteiger partial charge in [-0.1, -0.05) is 6.42 Å². The van der Waals surface area contributed by atoms with Crippen LogP contribution < -0.4 is 5.43 Å². The standard InChI is InChI=1S/C16H24N2O3/c19-15-9-13(10-17-6-2-1-3-7-17)18(12-16(15)20)11-14-5-4-8-21-14/h9,12,14,20H,1-8,10-11H2. The van der Waals surface area contributed by atoms with Gasteiger partial charge in [0.1, 0.15) is 0 Å². The number of piperidine rings is 1. The Hall–Kier alpha value is -1.33. The van der Waals surface area contributed by atoms with E-state index < -0.39 is 0 Å². The molecule has 1 unspecified atom stereocenters. The fourth-order valence-corrected chi connectivity index (χ4v) is 3.26. The first-order valence-electron chi connectivity index (χ1n) is 7.98. The molecular formula is C16H24N2O3. The number of aromatic hydroxyl groups is 1. The summed E-state index contributed by atoms with van der Waals surface area (Å²) in [6.45, 7) is 4.50. The molecule has 0 aromatic carbocycles. The van der Waals surface area contributed by atoms with Crippen LogP contribution in [0.25, 0.3) is 0 Å². The monoisotopic (exact) mass is 292 g/mol. The summed E-state index contributed by atoms with van der Waals surface area (Å²) in [5.74, 6) is -0.171. The number of hydrogen-bond acceptors (Lipinski definition) is 4. The van der Waals surface area contributed by atoms with Gasteiger partial charge in [0.25, 0.3) is 0 Å². The van der Waals surface area contributed by atoms with Crippen molar-refractivity contribution in [2.45, 2.75) is 51.3 Å². The SMILES string of the molecule is O=c1cc(CN2CCCCC2)n(CC2CCCO2)cc1O. The Morgan fingerprint density at radius 2 is 2.05 bits per heavy atom. The lowest BCUT2D eigenvalue weighted by atomic mass is 10.1. The summed E-state index contributed by atoms with van der Waals surface area (Å²) in [4.78, 5) is 14.1. The van der Waals surface area contributed by atoms with Crippen molar-refractivity contribution in [2.75, 3.05) is 19.7 Å². The van der Waals surface area contributed by atoms with Crippen LogP contribution in [0.4, 0.5) is 0 Å². The Morgan fingerprint density at radius 1 is 1.24 bits per heavy atom. The lowest BCUT2D eigenvalue weighted by Crippen LogP contribution is -2.31. The molecule has 5 nitrogen and oxygen atoms in total. The second-order valence-electron chi connectivity index (χ2n) is 6.14. The van der Waals surface area contributed by atoms with Gasteiger partial charge in [-0.2, -0.15) is 0 Å². The molecule has 2 saturated heterocycles. The summed E-state index contributed by atoms with van der Waals surface area (Å²) in [6.07, 6.45) is 7.68. The van der Waals surface area contributed by atoms with Gasteiger partial charge in [0, 0.05) is 31.5 Å². The highest BCUT2D eigenvalue weighted by molar-refractivity contribution is 5.20. The minimum Gasteiger partial charge on any atom is -0.503 e. The highest BCUT2D eigenvalue weighted by atomic mass is 16.5. The third-order valence-electron chi connectivity index (χ3n) is 4.46. The van der Waals surface area contributed by atoms with Crippen molar-refractivity contribution in [1.82, 2.24) is 9.47 Å². The second-order valence-corrected chi connectivity index (χ2v) is 6.14. The van der Waals surface area contributed by atoms with Crippen LogP contribution in [0.2, 0.25) is 0 Å². The van der Waals surface area contributed by atoms with E-state index in [1.165, 1.54) is 19.3 Å². The van der Waals surface area contributed by atoms with Gasteiger partial charge in [-0.05, 0) is 38.8 Å². The number of hydrogen-bond donors (Lipinski definition) is 1. The number of likely N-dealkylation sites (tertiary alicyclic amines) is 1. The van der Waals surface area contributed by atoms with E-state index in [2.05, 4.69) is 4.90 Å². The molecule has 1 atom stereocenters. The molecule has 21 heavy (non-hydrogen) atoms. The highest BCUT2D eigenvalue weighted by Crippen LogP contribution is 2.18. The van der Waals surface area contributed by atoms with Crippen LogP contribution in [0.15, 0.2) is 17.1 Å². The predicted molar refractivity (Wildman–Crippen MR) is 80.5 cm³/mol. The van der Waals surface area contributed by atoms with Crippen LogP contribution in [-0.4, -0.2) is 40.4 Å². The molecule has 0 saturated carbocycles. The minimum atomic E-state index is -0.286. The summed E-state index contributed by atoms with van der Waals surface area (Å²) in [6, 6.07) is 1.58. The maximum Gasteiger partial charge on any atom is 0.223 e. The minimum absolute atomic E-state index is 0.171. The van der Waals surface area contributed by atoms with Gasteiger partial charge in [-0.3, -0.25) is 9.69 Å². The molecule has 0 spiro atoms. The first-order valence-corrected chi connectivity index (χ1v) is 7.98. The molecule has 0 aliphatic carbocycles. The van der Waals surface area contributed by atoms with Crippen molar-refractivity contribution in [3.05, 3.63) is 28.2 Å². The zero-order valence-corrected chi connectivity index (χ0v) is 12.5. The summed E-state index contributed by atoms with van der Waals surface area (Å²) in [7, 11) is 0. The van der Waals surface area contributed by atoms with Gasteiger partial charge in [-0.15, -0.1) is 0 Å². The molecule has 3 rings (SSSR count). The molecule has 5 heteroatoms. The van der Waals surface area contributed by atoms with Crippen molar-refractivity contribution in [1.29, 1.82) is 0 Å². The van der Waals surface area contributed by atoms with Crippen LogP contribution in [0.5, 0.6) is 5.75 Å². The number of pyridine rings is 1. The molecule has 0 amide bonds. The van der Waals surface area contributed by atoms with E-state index >= 15 is 0 Å². The highest BCUT2D eigenvalue weighted by Gasteiger charge is 2.19. The maximum atomic E-state index is 11.8. The third-order valence-corrected chi connectivity index (χ3v) is 4.46. The van der Waals surface area contributed by atoms with E-state index in [9.17, 15) is 9.90 Å². The van der Waals surface area contributed by atoms with Crippen molar-refractivity contribution < 1.29 is 9.84 Å². The van der Waals surface area contributed by atoms with E-state index in [1.54, 1.807) is 12.3 Å². The Morgan fingerprint density at radius 3 is 2.76 bits per heavy atom. The van der Waals surface area contributed by atoms with E-state index in [-0.39, 0.29) is 17.3 Å². The van der Waals surface area contributed by atoms with Crippen molar-refractivity contribution >= 4 is 0 Å². The summed E-state index contributed by atoms with van der Waals surface area (Å²) in [5, 5.41) is 9.72. The normalized spacial score (nSPS) is 23.5. The molecular weight excluding hydrogens is 268 g/mol. The summed E-state index contributed by atoms with van der Waals surface area (Å²) >= 11 is 0. The summed E-state index contributed by atoms with van der Waals surface area (Å²) < 4.78 is 7.68. The van der Waals surface area contributed by atoms with E-state index in [4.69, 9.17) is 4.74 Å². The average Bonchev–Trinajstić information content (AvgIpc) is 2.98. The predicted octanol–water partition coefficient (Wildman–Crippen LogP) is 1.72. The first kappa shape index (κ1) is 14.6. The Kier molecular flexibility index (Phi) is 4.60. The molecule has 0 radical (unpaired) electrons. The number of nitrogens with zero attached hydrogens (tertiary/aromatic N) is 2. The Balaban J connectivity index is 1.78. The smallest absolute Gasteiger partial charge is 0.223 e. The van der Waals surface area contributed by atoms with Gasteiger partial charge in [0.2, 0.25) is 5.43 Å². The van der Waals surface area contributed by atoms with Crippen LogP contribution in [0.1, 0.15) is 37.8 Å². The average molecular weight is 292 g/mol. The van der Waals surface area contributed by atoms with Crippen molar-refractivity contribution in [3.63, 3.8) is 0 Å². The maximum absolute atomic E-state index is 11.8. The Bertz CT molecular complexity index is 529. The molecule has 2 aliphatic rings. The van der Waals surface area contributed by atoms with Gasteiger partial charge in [0.15, 0.2) is 5.75 Å². The van der Waals surface area contributed by atoms with Crippen LogP contribution >= 0.6 is 0 Å². The van der Waals surface area contributed by atoms with Crippen molar-refractivity contribution in [3.8, 4) is 5.75 Å². The van der Waals surface area contributed by atoms with E-state index in [0.29, 0.717) is 0 Å². The third kappa shape index (κ3) is 3.66. The largest absolute Gasteiger partial charge is 0.503 e. The van der Waals surface area contributed by atoms with Crippen molar-refractivity contribution in [2.24, 2.45) is 0 Å². The lowest BCUT2D eigenvalue weighted by Gasteiger charge is -2.28. The fourth-order valence-electron chi connectivity index (χ4n) is 3.26. The van der Waals surface area contributed by atoms with Crippen LogP contribution in [0.3, 0.4) is 0 Å². The molecule has 0 bridgehead atoms. The molecule has 1 N–H and O–H groups in total. The molecule has 2 fully saturated rings. The fraction of sp³-hybridized carbons (Fsp3) is 0.688. The first-order chi connectivity index (χ1) is 10.2. The molecule has 3 heterocycles. The summed E-state index contributed by atoms with van der Waals surface area (Å²) in [5.41, 5.74) is 0.695. The second kappa shape index (κ2) is 6.62. The zero-order chi connectivity index (χ0) is 14.7. The zero-order valence-electron chi connectivity index (χ0n) is 12.5. The van der Waals surface area contributed by atoms with Crippen LogP contribution in [-0.2, 0) is 17.8 Å². The quantitative estimate of drug-likeness (QED) is 0.918. The molecule has 1 aromatic rings. The van der Waals surface area contributed by atoms with E-state index in [1.807, 2.05) is 4.57 Å². The van der Waals surface area contributed by atoms with E-state index in [0.717, 1.165) is 51.3 Å². The van der Waals surface area contributed by atoms with Gasteiger partial charge in [-0.25, -0.2) is 0 Å². The van der Waals surface area contributed by atoms with Gasteiger partial charge < -0.3 is 14.4 Å². The molecule has 116 valence electrons. The number of ether oxygens (including phenoxy) is 1. The van der Waals surface area contributed by atoms with Gasteiger partial charge in [0.05, 0.1) is 12.3 Å². The number of rotatable bonds is 4. The van der Waals surface area contributed by atoms with Gasteiger partial charge >= 0.3 is 0 Å². The molecule has 1 aromatic heterocycles. The lowest BCUT2D eigenvalue weighted by molar-refractivity contribution is 0.0949.